The summed E-state index contributed by atoms with van der Waals surface area (Å²) in [4.78, 5) is 25.7. The summed E-state index contributed by atoms with van der Waals surface area (Å²) in [6.45, 7) is 3.62. The summed E-state index contributed by atoms with van der Waals surface area (Å²) in [6.07, 6.45) is 0.189. The predicted molar refractivity (Wildman–Crippen MR) is 105 cm³/mol. The lowest BCUT2D eigenvalue weighted by molar-refractivity contribution is -0.143. The van der Waals surface area contributed by atoms with Crippen LogP contribution in [-0.2, 0) is 9.59 Å². The molecule has 3 atom stereocenters. The number of carbonyl (C=O) groups is 2. The van der Waals surface area contributed by atoms with Crippen molar-refractivity contribution >= 4 is 35.5 Å². The Balaban J connectivity index is 2.12. The Morgan fingerprint density at radius 3 is 1.85 bits per heavy atom. The van der Waals surface area contributed by atoms with E-state index in [2.05, 4.69) is 12.6 Å². The molecular formula is C22H20O3S. The van der Waals surface area contributed by atoms with Gasteiger partial charge in [0.1, 0.15) is 4.75 Å². The van der Waals surface area contributed by atoms with E-state index in [-0.39, 0.29) is 12.2 Å². The zero-order valence-electron chi connectivity index (χ0n) is 14.7. The van der Waals surface area contributed by atoms with Crippen molar-refractivity contribution in [3.63, 3.8) is 0 Å². The van der Waals surface area contributed by atoms with Crippen molar-refractivity contribution in [1.29, 1.82) is 0 Å². The highest BCUT2D eigenvalue weighted by Gasteiger charge is 2.75. The van der Waals surface area contributed by atoms with E-state index in [1.165, 1.54) is 0 Å². The van der Waals surface area contributed by atoms with Crippen molar-refractivity contribution in [3.05, 3.63) is 71.8 Å². The minimum absolute atomic E-state index is 0.0555. The van der Waals surface area contributed by atoms with Gasteiger partial charge in [-0.1, -0.05) is 60.7 Å². The number of thiol groups is 1. The van der Waals surface area contributed by atoms with Gasteiger partial charge in [0.2, 0.25) is 0 Å². The number of Topliss-reactive ketones (excluding diaryl/α,β-unsaturated/α-hetero) is 1. The first-order chi connectivity index (χ1) is 12.3. The molecule has 0 amide bonds. The van der Waals surface area contributed by atoms with E-state index in [0.717, 1.165) is 22.3 Å². The fourth-order valence-electron chi connectivity index (χ4n) is 4.95. The van der Waals surface area contributed by atoms with Crippen LogP contribution in [0.4, 0.5) is 0 Å². The Kier molecular flexibility index (Phi) is 3.51. The van der Waals surface area contributed by atoms with Crippen molar-refractivity contribution in [1.82, 2.24) is 0 Å². The van der Waals surface area contributed by atoms with Crippen molar-refractivity contribution < 1.29 is 14.7 Å². The number of ketones is 1. The summed E-state index contributed by atoms with van der Waals surface area (Å²) in [6, 6.07) is 19.4. The molecule has 2 aromatic carbocycles. The van der Waals surface area contributed by atoms with Crippen LogP contribution in [0.1, 0.15) is 31.4 Å². The highest BCUT2D eigenvalue weighted by molar-refractivity contribution is 7.83. The van der Waals surface area contributed by atoms with Crippen LogP contribution in [0, 0.1) is 10.8 Å². The van der Waals surface area contributed by atoms with Crippen LogP contribution in [0.3, 0.4) is 0 Å². The first kappa shape index (κ1) is 17.1. The molecule has 0 aromatic heterocycles. The first-order valence-electron chi connectivity index (χ1n) is 8.63. The Labute approximate surface area is 158 Å². The van der Waals surface area contributed by atoms with Gasteiger partial charge in [-0.05, 0) is 42.5 Å². The van der Waals surface area contributed by atoms with Gasteiger partial charge < -0.3 is 5.11 Å². The third kappa shape index (κ3) is 1.85. The number of hydrogen-bond acceptors (Lipinski definition) is 3. The fourth-order valence-corrected chi connectivity index (χ4v) is 5.48. The van der Waals surface area contributed by atoms with Crippen LogP contribution in [0.5, 0.6) is 0 Å². The summed E-state index contributed by atoms with van der Waals surface area (Å²) in [5.41, 5.74) is 1.50. The Hall–Kier alpha value is -2.33. The van der Waals surface area contributed by atoms with Crippen molar-refractivity contribution in [3.8, 4) is 0 Å². The number of carbonyl (C=O) groups excluding carboxylic acids is 1. The van der Waals surface area contributed by atoms with Gasteiger partial charge in [-0.15, -0.1) is 0 Å². The van der Waals surface area contributed by atoms with Gasteiger partial charge in [0, 0.05) is 0 Å². The monoisotopic (exact) mass is 364 g/mol. The number of rotatable bonds is 3. The third-order valence-electron chi connectivity index (χ3n) is 6.17. The van der Waals surface area contributed by atoms with Crippen molar-refractivity contribution in [2.24, 2.45) is 10.8 Å². The van der Waals surface area contributed by atoms with E-state index in [9.17, 15) is 14.7 Å². The van der Waals surface area contributed by atoms with Gasteiger partial charge in [-0.25, -0.2) is 0 Å². The van der Waals surface area contributed by atoms with E-state index in [0.29, 0.717) is 0 Å². The van der Waals surface area contributed by atoms with Crippen LogP contribution in [0.25, 0.3) is 11.1 Å². The number of carboxylic acids is 1. The van der Waals surface area contributed by atoms with Crippen molar-refractivity contribution in [2.75, 3.05) is 0 Å². The fraction of sp³-hybridized carbons (Fsp3) is 0.273. The molecule has 0 aliphatic heterocycles. The average molecular weight is 364 g/mol. The summed E-state index contributed by atoms with van der Waals surface area (Å²) < 4.78 is -1.43. The number of carboxylic acid groups (broad SMARTS) is 1. The van der Waals surface area contributed by atoms with E-state index in [4.69, 9.17) is 0 Å². The first-order valence-corrected chi connectivity index (χ1v) is 9.08. The maximum atomic E-state index is 13.5. The van der Waals surface area contributed by atoms with Crippen LogP contribution in [-0.4, -0.2) is 21.6 Å². The molecule has 1 saturated carbocycles. The van der Waals surface area contributed by atoms with Gasteiger partial charge in [0.15, 0.2) is 5.78 Å². The molecule has 0 heterocycles. The number of aliphatic carboxylic acids is 1. The zero-order chi connectivity index (χ0) is 18.7. The SMILES string of the molecule is CC12C(=O)[C@@](C)(C[C@@]1(S)C(=O)O)C(c1ccccc1)=C2c1ccccc1. The lowest BCUT2D eigenvalue weighted by atomic mass is 9.67. The van der Waals surface area contributed by atoms with Gasteiger partial charge >= 0.3 is 5.97 Å². The normalized spacial score (nSPS) is 33.0. The van der Waals surface area contributed by atoms with E-state index in [1.807, 2.05) is 67.6 Å². The molecule has 4 heteroatoms. The quantitative estimate of drug-likeness (QED) is 0.796. The third-order valence-corrected chi connectivity index (χ3v) is 6.97. The Morgan fingerprint density at radius 1 is 0.923 bits per heavy atom. The summed E-state index contributed by atoms with van der Waals surface area (Å²) in [5, 5.41) is 9.96. The number of benzene rings is 2. The molecule has 132 valence electrons. The zero-order valence-corrected chi connectivity index (χ0v) is 15.6. The Bertz CT molecular complexity index is 950. The molecule has 2 bridgehead atoms. The van der Waals surface area contributed by atoms with Gasteiger partial charge in [0.25, 0.3) is 0 Å². The Morgan fingerprint density at radius 2 is 1.38 bits per heavy atom. The second-order valence-electron chi connectivity index (χ2n) is 7.61. The molecule has 1 N–H and O–H groups in total. The molecule has 1 unspecified atom stereocenters. The molecule has 4 rings (SSSR count). The second-order valence-corrected chi connectivity index (χ2v) is 8.37. The van der Waals surface area contributed by atoms with Crippen LogP contribution in [0.15, 0.2) is 60.7 Å². The highest BCUT2D eigenvalue weighted by Crippen LogP contribution is 2.72. The molecule has 2 aromatic rings. The standard InChI is InChI=1S/C22H20O3S/c1-20-13-22(26,19(24)25)21(2,18(20)23)17(15-11-7-4-8-12-15)16(20)14-9-5-3-6-10-14/h3-12,26H,13H2,1-2H3,(H,24,25)/t20-,21?,22+/m0/s1. The number of fused-ring (bicyclic) bond motifs is 2. The number of allylic oxidation sites excluding steroid dienone is 2. The minimum atomic E-state index is -1.43. The molecule has 0 radical (unpaired) electrons. The number of hydrogen-bond donors (Lipinski definition) is 2. The molecule has 2 aliphatic rings. The maximum absolute atomic E-state index is 13.5. The van der Waals surface area contributed by atoms with Crippen LogP contribution >= 0.6 is 12.6 Å². The van der Waals surface area contributed by atoms with E-state index in [1.54, 1.807) is 6.92 Å². The van der Waals surface area contributed by atoms with Crippen molar-refractivity contribution in [2.45, 2.75) is 25.0 Å². The molecule has 0 spiro atoms. The summed E-state index contributed by atoms with van der Waals surface area (Å²) >= 11 is 4.59. The van der Waals surface area contributed by atoms with Gasteiger partial charge in [-0.2, -0.15) is 12.6 Å². The molecule has 26 heavy (non-hydrogen) atoms. The average Bonchev–Trinajstić information content (AvgIpc) is 2.91. The van der Waals surface area contributed by atoms with Crippen LogP contribution < -0.4 is 0 Å². The second kappa shape index (κ2) is 5.34. The van der Waals surface area contributed by atoms with Crippen LogP contribution in [0.2, 0.25) is 0 Å². The molecular weight excluding hydrogens is 344 g/mol. The van der Waals surface area contributed by atoms with Gasteiger partial charge in [-0.3, -0.25) is 9.59 Å². The summed E-state index contributed by atoms with van der Waals surface area (Å²) in [7, 11) is 0. The highest BCUT2D eigenvalue weighted by atomic mass is 32.1. The van der Waals surface area contributed by atoms with Gasteiger partial charge in [0.05, 0.1) is 10.8 Å². The predicted octanol–water partition coefficient (Wildman–Crippen LogP) is 4.35. The lowest BCUT2D eigenvalue weighted by Crippen LogP contribution is -2.48. The lowest BCUT2D eigenvalue weighted by Gasteiger charge is -2.40. The van der Waals surface area contributed by atoms with E-state index >= 15 is 0 Å². The topological polar surface area (TPSA) is 54.4 Å². The smallest absolute Gasteiger partial charge is 0.320 e. The molecule has 1 fully saturated rings. The van der Waals surface area contributed by atoms with E-state index < -0.39 is 21.5 Å². The molecule has 3 nitrogen and oxygen atoms in total. The summed E-state index contributed by atoms with van der Waals surface area (Å²) in [5.74, 6) is -1.10. The molecule has 0 saturated heterocycles. The minimum Gasteiger partial charge on any atom is -0.480 e. The maximum Gasteiger partial charge on any atom is 0.320 e. The molecule has 2 aliphatic carbocycles. The largest absolute Gasteiger partial charge is 0.480 e.